The fourth-order valence-corrected chi connectivity index (χ4v) is 0.341. The van der Waals surface area contributed by atoms with Gasteiger partial charge in [0, 0.05) is 6.20 Å². The molecule has 0 spiro atoms. The zero-order chi connectivity index (χ0) is 7.28. The molecule has 0 aromatic rings. The Morgan fingerprint density at radius 3 is 2.56 bits per heavy atom. The van der Waals surface area contributed by atoms with Crippen molar-refractivity contribution in [2.45, 2.75) is 13.8 Å². The summed E-state index contributed by atoms with van der Waals surface area (Å²) in [6, 6.07) is 0. The van der Waals surface area contributed by atoms with Crippen molar-refractivity contribution in [3.05, 3.63) is 11.8 Å². The van der Waals surface area contributed by atoms with Gasteiger partial charge in [-0.05, 0) is 13.8 Å². The van der Waals surface area contributed by atoms with E-state index < -0.39 is 0 Å². The van der Waals surface area contributed by atoms with Gasteiger partial charge < -0.3 is 5.32 Å². The molecule has 0 fully saturated rings. The topological polar surface area (TPSA) is 29.1 Å². The predicted octanol–water partition coefficient (Wildman–Crippen LogP) is 1.27. The van der Waals surface area contributed by atoms with Crippen molar-refractivity contribution in [1.82, 2.24) is 5.32 Å². The summed E-state index contributed by atoms with van der Waals surface area (Å²) in [6.07, 6.45) is 1.63. The number of amides is 1. The van der Waals surface area contributed by atoms with Crippen LogP contribution < -0.4 is 5.32 Å². The Labute approximate surface area is 59.9 Å². The summed E-state index contributed by atoms with van der Waals surface area (Å²) >= 11 is 5.19. The molecule has 0 aromatic heterocycles. The highest BCUT2D eigenvalue weighted by molar-refractivity contribution is 6.27. The van der Waals surface area contributed by atoms with Crippen molar-refractivity contribution in [3.63, 3.8) is 0 Å². The van der Waals surface area contributed by atoms with Crippen molar-refractivity contribution in [1.29, 1.82) is 0 Å². The second-order valence-electron chi connectivity index (χ2n) is 1.92. The van der Waals surface area contributed by atoms with Crippen LogP contribution in [0.1, 0.15) is 13.8 Å². The summed E-state index contributed by atoms with van der Waals surface area (Å²) in [7, 11) is 0. The lowest BCUT2D eigenvalue weighted by atomic mass is 10.4. The molecule has 3 heteroatoms. The Balaban J connectivity index is 3.50. The molecule has 0 saturated heterocycles. The lowest BCUT2D eigenvalue weighted by Crippen LogP contribution is -2.18. The van der Waals surface area contributed by atoms with Crippen LogP contribution in [0.3, 0.4) is 0 Å². The number of carbonyl (C=O) groups excluding carboxylic acids is 1. The number of hydrogen-bond acceptors (Lipinski definition) is 1. The lowest BCUT2D eigenvalue weighted by molar-refractivity contribution is -0.117. The van der Waals surface area contributed by atoms with Crippen molar-refractivity contribution in [3.8, 4) is 0 Å². The summed E-state index contributed by atoms with van der Waals surface area (Å²) in [5.41, 5.74) is 1.05. The Bertz CT molecular complexity index is 127. The zero-order valence-electron chi connectivity index (χ0n) is 5.57. The van der Waals surface area contributed by atoms with E-state index in [2.05, 4.69) is 5.32 Å². The first-order valence-electron chi connectivity index (χ1n) is 2.65. The van der Waals surface area contributed by atoms with Gasteiger partial charge >= 0.3 is 0 Å². The Hall–Kier alpha value is -0.500. The molecule has 2 nitrogen and oxygen atoms in total. The van der Waals surface area contributed by atoms with Crippen LogP contribution in [0.4, 0.5) is 0 Å². The van der Waals surface area contributed by atoms with Crippen LogP contribution in [-0.2, 0) is 4.79 Å². The van der Waals surface area contributed by atoms with Gasteiger partial charge in [0.15, 0.2) is 0 Å². The number of hydrogen-bond donors (Lipinski definition) is 1. The molecule has 0 aliphatic heterocycles. The summed E-state index contributed by atoms with van der Waals surface area (Å²) < 4.78 is 0. The molecular weight excluding hydrogens is 138 g/mol. The van der Waals surface area contributed by atoms with E-state index in [0.29, 0.717) is 0 Å². The number of alkyl halides is 1. The molecule has 0 radical (unpaired) electrons. The van der Waals surface area contributed by atoms with Gasteiger partial charge in [-0.2, -0.15) is 0 Å². The fraction of sp³-hybridized carbons (Fsp3) is 0.500. The van der Waals surface area contributed by atoms with Gasteiger partial charge in [-0.1, -0.05) is 5.57 Å². The summed E-state index contributed by atoms with van der Waals surface area (Å²) in [4.78, 5) is 10.4. The molecule has 0 unspecified atom stereocenters. The van der Waals surface area contributed by atoms with E-state index in [1.54, 1.807) is 6.20 Å². The second-order valence-corrected chi connectivity index (χ2v) is 2.19. The van der Waals surface area contributed by atoms with Gasteiger partial charge in [-0.25, -0.2) is 0 Å². The predicted molar refractivity (Wildman–Crippen MR) is 38.3 cm³/mol. The first-order valence-corrected chi connectivity index (χ1v) is 3.19. The zero-order valence-corrected chi connectivity index (χ0v) is 6.33. The van der Waals surface area contributed by atoms with Crippen LogP contribution in [0.25, 0.3) is 0 Å². The molecular formula is C6H10ClNO. The summed E-state index contributed by atoms with van der Waals surface area (Å²) in [6.45, 7) is 3.79. The average Bonchev–Trinajstić information content (AvgIpc) is 1.83. The third-order valence-electron chi connectivity index (χ3n) is 0.643. The monoisotopic (exact) mass is 147 g/mol. The maximum Gasteiger partial charge on any atom is 0.238 e. The van der Waals surface area contributed by atoms with Crippen LogP contribution in [0.15, 0.2) is 11.8 Å². The van der Waals surface area contributed by atoms with Gasteiger partial charge in [-0.15, -0.1) is 11.6 Å². The fourth-order valence-electron chi connectivity index (χ4n) is 0.263. The maximum atomic E-state index is 10.4. The van der Waals surface area contributed by atoms with E-state index in [1.807, 2.05) is 13.8 Å². The van der Waals surface area contributed by atoms with Crippen LogP contribution >= 0.6 is 11.6 Å². The first kappa shape index (κ1) is 8.50. The van der Waals surface area contributed by atoms with Crippen molar-refractivity contribution in [2.24, 2.45) is 0 Å². The van der Waals surface area contributed by atoms with E-state index in [9.17, 15) is 4.79 Å². The van der Waals surface area contributed by atoms with Gasteiger partial charge in [0.2, 0.25) is 5.91 Å². The second kappa shape index (κ2) is 4.39. The average molecular weight is 148 g/mol. The van der Waals surface area contributed by atoms with E-state index in [1.165, 1.54) is 0 Å². The molecule has 1 N–H and O–H groups in total. The van der Waals surface area contributed by atoms with Crippen molar-refractivity contribution < 1.29 is 4.79 Å². The lowest BCUT2D eigenvalue weighted by Gasteiger charge is -1.93. The molecule has 0 aliphatic rings. The summed E-state index contributed by atoms with van der Waals surface area (Å²) in [5, 5.41) is 2.50. The Morgan fingerprint density at radius 1 is 1.67 bits per heavy atom. The molecule has 1 amide bonds. The van der Waals surface area contributed by atoms with Crippen molar-refractivity contribution in [2.75, 3.05) is 5.88 Å². The Kier molecular flexibility index (Phi) is 4.14. The molecule has 0 atom stereocenters. The highest BCUT2D eigenvalue weighted by Crippen LogP contribution is 1.83. The number of allylic oxidation sites excluding steroid dienone is 1. The van der Waals surface area contributed by atoms with E-state index in [-0.39, 0.29) is 11.8 Å². The number of nitrogens with one attached hydrogen (secondary N) is 1. The molecule has 0 saturated carbocycles. The summed E-state index contributed by atoms with van der Waals surface area (Å²) in [5.74, 6) is -0.151. The minimum atomic E-state index is -0.169. The number of halogens is 1. The van der Waals surface area contributed by atoms with Crippen LogP contribution in [-0.4, -0.2) is 11.8 Å². The third kappa shape index (κ3) is 5.37. The largest absolute Gasteiger partial charge is 0.332 e. The highest BCUT2D eigenvalue weighted by Gasteiger charge is 1.91. The van der Waals surface area contributed by atoms with Gasteiger partial charge in [0.25, 0.3) is 0 Å². The minimum Gasteiger partial charge on any atom is -0.332 e. The minimum absolute atomic E-state index is 0.0176. The van der Waals surface area contributed by atoms with Gasteiger partial charge in [0.1, 0.15) is 5.88 Å². The maximum absolute atomic E-state index is 10.4. The first-order chi connectivity index (χ1) is 4.16. The molecule has 52 valence electrons. The Morgan fingerprint density at radius 2 is 2.22 bits per heavy atom. The number of rotatable bonds is 2. The molecule has 0 heterocycles. The molecule has 0 rings (SSSR count). The highest BCUT2D eigenvalue weighted by atomic mass is 35.5. The third-order valence-corrected chi connectivity index (χ3v) is 0.886. The molecule has 0 aliphatic carbocycles. The van der Waals surface area contributed by atoms with Gasteiger partial charge in [-0.3, -0.25) is 4.79 Å². The molecule has 0 bridgehead atoms. The molecule has 0 aromatic carbocycles. The smallest absolute Gasteiger partial charge is 0.238 e. The van der Waals surface area contributed by atoms with E-state index in [0.717, 1.165) is 5.57 Å². The van der Waals surface area contributed by atoms with E-state index in [4.69, 9.17) is 11.6 Å². The van der Waals surface area contributed by atoms with Crippen molar-refractivity contribution >= 4 is 17.5 Å². The molecule has 9 heavy (non-hydrogen) atoms. The normalized spacial score (nSPS) is 8.33. The van der Waals surface area contributed by atoms with E-state index >= 15 is 0 Å². The SMILES string of the molecule is CC(C)=CNC(=O)CCl. The standard InChI is InChI=1S/C6H10ClNO/c1-5(2)4-8-6(9)3-7/h4H,3H2,1-2H3,(H,8,9). The number of carbonyl (C=O) groups is 1. The quantitative estimate of drug-likeness (QED) is 0.586. The van der Waals surface area contributed by atoms with Crippen LogP contribution in [0.5, 0.6) is 0 Å². The van der Waals surface area contributed by atoms with Crippen LogP contribution in [0.2, 0.25) is 0 Å². The van der Waals surface area contributed by atoms with Crippen LogP contribution in [0, 0.1) is 0 Å². The van der Waals surface area contributed by atoms with Gasteiger partial charge in [0.05, 0.1) is 0 Å².